The van der Waals surface area contributed by atoms with Crippen LogP contribution < -0.4 is 0 Å². The Bertz CT molecular complexity index is 1060. The fraction of sp³-hybridized carbons (Fsp3) is 0.667. The zero-order valence-electron chi connectivity index (χ0n) is 21.3. The van der Waals surface area contributed by atoms with E-state index in [0.29, 0.717) is 13.0 Å². The summed E-state index contributed by atoms with van der Waals surface area (Å²) >= 11 is 0. The second-order valence-electron chi connectivity index (χ2n) is 11.1. The van der Waals surface area contributed by atoms with Gasteiger partial charge in [-0.2, -0.15) is 0 Å². The number of epoxide rings is 1. The Labute approximate surface area is 215 Å². The molecular formula is C27H34O10. The molecule has 2 N–H and O–H groups in total. The van der Waals surface area contributed by atoms with Crippen LogP contribution in [-0.4, -0.2) is 84.1 Å². The lowest BCUT2D eigenvalue weighted by molar-refractivity contribution is -0.240. The minimum atomic E-state index is -1.44. The van der Waals surface area contributed by atoms with Gasteiger partial charge in [0.05, 0.1) is 36.9 Å². The first kappa shape index (κ1) is 26.1. The molecule has 5 aliphatic rings. The molecule has 0 aromatic carbocycles. The summed E-state index contributed by atoms with van der Waals surface area (Å²) in [6.07, 6.45) is 4.09. The molecule has 202 valence electrons. The lowest BCUT2D eigenvalue weighted by Crippen LogP contribution is -2.68. The number of cyclic esters (lactones) is 2. The van der Waals surface area contributed by atoms with Gasteiger partial charge in [-0.1, -0.05) is 32.1 Å². The first-order chi connectivity index (χ1) is 17.5. The van der Waals surface area contributed by atoms with Gasteiger partial charge in [-0.25, -0.2) is 14.4 Å². The van der Waals surface area contributed by atoms with E-state index in [2.05, 4.69) is 0 Å². The van der Waals surface area contributed by atoms with Crippen LogP contribution in [0.1, 0.15) is 40.0 Å². The quantitative estimate of drug-likeness (QED) is 0.208. The molecule has 0 aromatic heterocycles. The van der Waals surface area contributed by atoms with Crippen molar-refractivity contribution in [2.75, 3.05) is 19.8 Å². The van der Waals surface area contributed by atoms with Gasteiger partial charge in [0.25, 0.3) is 0 Å². The number of carbonyl (C=O) groups is 3. The summed E-state index contributed by atoms with van der Waals surface area (Å²) in [5, 5.41) is 21.6. The third-order valence-corrected chi connectivity index (χ3v) is 9.22. The second-order valence-corrected chi connectivity index (χ2v) is 11.1. The van der Waals surface area contributed by atoms with Crippen molar-refractivity contribution in [2.24, 2.45) is 16.7 Å². The van der Waals surface area contributed by atoms with E-state index in [1.54, 1.807) is 6.92 Å². The predicted molar refractivity (Wildman–Crippen MR) is 127 cm³/mol. The maximum atomic E-state index is 13.0. The summed E-state index contributed by atoms with van der Waals surface area (Å²) < 4.78 is 29.3. The van der Waals surface area contributed by atoms with Gasteiger partial charge >= 0.3 is 17.9 Å². The molecule has 3 heterocycles. The van der Waals surface area contributed by atoms with Crippen molar-refractivity contribution in [3.8, 4) is 0 Å². The van der Waals surface area contributed by atoms with Crippen molar-refractivity contribution in [3.05, 3.63) is 36.0 Å². The number of ether oxygens (including phenoxy) is 5. The average molecular weight is 519 g/mol. The Morgan fingerprint density at radius 3 is 2.41 bits per heavy atom. The molecule has 2 spiro atoms. The highest BCUT2D eigenvalue weighted by Crippen LogP contribution is 2.72. The monoisotopic (exact) mass is 518 g/mol. The van der Waals surface area contributed by atoms with Gasteiger partial charge in [0.2, 0.25) is 0 Å². The van der Waals surface area contributed by atoms with Crippen molar-refractivity contribution in [2.45, 2.75) is 76.2 Å². The lowest BCUT2D eigenvalue weighted by Gasteiger charge is -2.58. The maximum Gasteiger partial charge on any atom is 0.335 e. The molecule has 0 radical (unpaired) electrons. The summed E-state index contributed by atoms with van der Waals surface area (Å²) in [7, 11) is 0. The summed E-state index contributed by atoms with van der Waals surface area (Å²) in [5.74, 6) is -2.57. The molecule has 9 atom stereocenters. The number of allylic oxidation sites excluding steroid dienone is 2. The molecule has 2 bridgehead atoms. The summed E-state index contributed by atoms with van der Waals surface area (Å²) in [5.41, 5.74) is -1.84. The average Bonchev–Trinajstić information content (AvgIpc) is 3.63. The SMILES string of the molecule is CC1=C[C@H]2O[C@@H]3C[C@H]4OC(=O)/C=C\C=C/C(=O)OCC[C@@H](C)[C@H](O)C(=O)OC[C@@]2(CC1O)[C@]4(C)[C@]31CO1. The van der Waals surface area contributed by atoms with E-state index in [-0.39, 0.29) is 32.2 Å². The van der Waals surface area contributed by atoms with Crippen LogP contribution in [0, 0.1) is 16.7 Å². The van der Waals surface area contributed by atoms with Gasteiger partial charge < -0.3 is 33.9 Å². The first-order valence-electron chi connectivity index (χ1n) is 12.8. The Morgan fingerprint density at radius 1 is 1.00 bits per heavy atom. The Kier molecular flexibility index (Phi) is 6.59. The smallest absolute Gasteiger partial charge is 0.335 e. The number of hydrogen-bond acceptors (Lipinski definition) is 10. The van der Waals surface area contributed by atoms with E-state index >= 15 is 0 Å². The molecule has 37 heavy (non-hydrogen) atoms. The molecular weight excluding hydrogens is 484 g/mol. The van der Waals surface area contributed by atoms with E-state index in [4.69, 9.17) is 23.7 Å². The molecule has 1 saturated carbocycles. The van der Waals surface area contributed by atoms with Crippen LogP contribution in [0.2, 0.25) is 0 Å². The fourth-order valence-corrected chi connectivity index (χ4v) is 6.66. The second kappa shape index (κ2) is 9.34. The minimum absolute atomic E-state index is 0.00243. The molecule has 2 aliphatic carbocycles. The van der Waals surface area contributed by atoms with Crippen LogP contribution in [-0.2, 0) is 38.1 Å². The molecule has 0 aromatic rings. The van der Waals surface area contributed by atoms with Gasteiger partial charge in [-0.05, 0) is 31.3 Å². The Morgan fingerprint density at radius 2 is 1.70 bits per heavy atom. The van der Waals surface area contributed by atoms with Gasteiger partial charge in [0.1, 0.15) is 18.3 Å². The van der Waals surface area contributed by atoms with Gasteiger partial charge in [0, 0.05) is 24.0 Å². The largest absolute Gasteiger partial charge is 0.463 e. The highest BCUT2D eigenvalue weighted by molar-refractivity contribution is 5.84. The van der Waals surface area contributed by atoms with Crippen molar-refractivity contribution in [1.29, 1.82) is 0 Å². The molecule has 5 rings (SSSR count). The number of aliphatic hydroxyl groups is 2. The Balaban J connectivity index is 1.54. The van der Waals surface area contributed by atoms with E-state index in [1.807, 2.05) is 19.9 Å². The first-order valence-corrected chi connectivity index (χ1v) is 12.8. The predicted octanol–water partition coefficient (Wildman–Crippen LogP) is 1.14. The van der Waals surface area contributed by atoms with Crippen LogP contribution in [0.5, 0.6) is 0 Å². The van der Waals surface area contributed by atoms with Crippen LogP contribution in [0.3, 0.4) is 0 Å². The third-order valence-electron chi connectivity index (χ3n) is 9.22. The van der Waals surface area contributed by atoms with Gasteiger partial charge in [0.15, 0.2) is 6.10 Å². The normalized spacial score (nSPS) is 47.9. The lowest BCUT2D eigenvalue weighted by atomic mass is 9.51. The van der Waals surface area contributed by atoms with E-state index in [1.165, 1.54) is 24.3 Å². The van der Waals surface area contributed by atoms with E-state index in [0.717, 1.165) is 5.57 Å². The molecule has 2 saturated heterocycles. The summed E-state index contributed by atoms with van der Waals surface area (Å²) in [6, 6.07) is 0. The van der Waals surface area contributed by atoms with Crippen LogP contribution in [0.4, 0.5) is 0 Å². The highest BCUT2D eigenvalue weighted by Gasteiger charge is 2.83. The van der Waals surface area contributed by atoms with E-state index < -0.39 is 64.7 Å². The number of esters is 3. The standard InChI is InChI=1S/C27H34O10/c1-15-8-9-33-21(29)6-4-5-7-22(30)37-18-11-20-27(14-35-27)25(18,3)26(13-34-24(32)23(15)31)12-17(28)16(2)10-19(26)36-20/h4-7,10,15,17-20,23,28,31H,8-9,11-14H2,1-3H3/b6-4-,7-5-/t15-,17?,18-,19-,20-,23+,25-,26-,27+/m1/s1. The number of carbonyl (C=O) groups excluding carboxylic acids is 3. The number of aliphatic hydroxyl groups excluding tert-OH is 2. The zero-order valence-corrected chi connectivity index (χ0v) is 21.3. The summed E-state index contributed by atoms with van der Waals surface area (Å²) in [4.78, 5) is 37.6. The van der Waals surface area contributed by atoms with Crippen molar-refractivity contribution in [1.82, 2.24) is 0 Å². The Hall–Kier alpha value is -2.53. The van der Waals surface area contributed by atoms with Crippen molar-refractivity contribution < 1.29 is 48.3 Å². The number of rotatable bonds is 0. The van der Waals surface area contributed by atoms with Crippen molar-refractivity contribution in [3.63, 3.8) is 0 Å². The van der Waals surface area contributed by atoms with Crippen LogP contribution >= 0.6 is 0 Å². The van der Waals surface area contributed by atoms with E-state index in [9.17, 15) is 24.6 Å². The van der Waals surface area contributed by atoms with Crippen LogP contribution in [0.25, 0.3) is 0 Å². The van der Waals surface area contributed by atoms with Gasteiger partial charge in [-0.15, -0.1) is 0 Å². The summed E-state index contributed by atoms with van der Waals surface area (Å²) in [6.45, 7) is 5.67. The fourth-order valence-electron chi connectivity index (χ4n) is 6.66. The number of hydrogen-bond donors (Lipinski definition) is 2. The van der Waals surface area contributed by atoms with Gasteiger partial charge in [-0.3, -0.25) is 0 Å². The molecule has 3 aliphatic heterocycles. The van der Waals surface area contributed by atoms with Crippen molar-refractivity contribution >= 4 is 17.9 Å². The molecule has 10 heteroatoms. The molecule has 0 amide bonds. The third kappa shape index (κ3) is 4.05. The minimum Gasteiger partial charge on any atom is -0.463 e. The molecule has 10 nitrogen and oxygen atoms in total. The maximum absolute atomic E-state index is 13.0. The molecule has 1 unspecified atom stereocenters. The zero-order chi connectivity index (χ0) is 26.6. The molecule has 3 fully saturated rings. The van der Waals surface area contributed by atoms with Crippen LogP contribution in [0.15, 0.2) is 36.0 Å². The topological polar surface area (TPSA) is 141 Å². The highest BCUT2D eigenvalue weighted by atomic mass is 16.6.